The zero-order valence-electron chi connectivity index (χ0n) is 12.1. The number of hydrogen-bond donors (Lipinski definition) is 0. The summed E-state index contributed by atoms with van der Waals surface area (Å²) in [5.74, 6) is -0.0204. The third-order valence-corrected chi connectivity index (χ3v) is 3.38. The SMILES string of the molecule is N#CC(C#N)=CC(=c1ccc(=C(C#N)C#N)cc1)C1C=CC=C1. The van der Waals surface area contributed by atoms with Gasteiger partial charge in [-0.1, -0.05) is 48.6 Å². The van der Waals surface area contributed by atoms with Crippen LogP contribution in [0.1, 0.15) is 0 Å². The van der Waals surface area contributed by atoms with E-state index in [1.165, 1.54) is 0 Å². The van der Waals surface area contributed by atoms with Gasteiger partial charge in [-0.15, -0.1) is 0 Å². The van der Waals surface area contributed by atoms with Gasteiger partial charge in [0, 0.05) is 11.1 Å². The summed E-state index contributed by atoms with van der Waals surface area (Å²) in [5.41, 5.74) is 0.887. The Hall–Kier alpha value is -3.86. The van der Waals surface area contributed by atoms with Crippen LogP contribution in [-0.2, 0) is 0 Å². The summed E-state index contributed by atoms with van der Waals surface area (Å²) in [6.07, 6.45) is 9.31. The molecule has 4 nitrogen and oxygen atoms in total. The number of hydrogen-bond acceptors (Lipinski definition) is 4. The smallest absolute Gasteiger partial charge is 0.136 e. The zero-order chi connectivity index (χ0) is 16.7. The van der Waals surface area contributed by atoms with Gasteiger partial charge in [0.05, 0.1) is 0 Å². The highest BCUT2D eigenvalue weighted by Crippen LogP contribution is 2.21. The molecule has 0 atom stereocenters. The largest absolute Gasteiger partial charge is 0.192 e. The highest BCUT2D eigenvalue weighted by molar-refractivity contribution is 5.73. The van der Waals surface area contributed by atoms with Crippen molar-refractivity contribution in [2.45, 2.75) is 0 Å². The maximum absolute atomic E-state index is 8.98. The highest BCUT2D eigenvalue weighted by Gasteiger charge is 2.10. The zero-order valence-corrected chi connectivity index (χ0v) is 12.1. The number of allylic oxidation sites excluding steroid dienone is 6. The van der Waals surface area contributed by atoms with Crippen LogP contribution in [0.2, 0.25) is 0 Å². The number of nitrogens with zero attached hydrogens (tertiary/aromatic N) is 4. The van der Waals surface area contributed by atoms with Gasteiger partial charge in [-0.25, -0.2) is 0 Å². The fraction of sp³-hybridized carbons (Fsp3) is 0.0526. The van der Waals surface area contributed by atoms with Gasteiger partial charge in [0.15, 0.2) is 0 Å². The van der Waals surface area contributed by atoms with Gasteiger partial charge in [0.2, 0.25) is 0 Å². The molecule has 4 heteroatoms. The molecule has 0 fully saturated rings. The lowest BCUT2D eigenvalue weighted by atomic mass is 9.95. The Morgan fingerprint density at radius 3 is 1.78 bits per heavy atom. The van der Waals surface area contributed by atoms with E-state index in [1.807, 2.05) is 48.6 Å². The van der Waals surface area contributed by atoms with E-state index >= 15 is 0 Å². The first-order valence-electron chi connectivity index (χ1n) is 6.75. The predicted molar refractivity (Wildman–Crippen MR) is 84.8 cm³/mol. The Labute approximate surface area is 133 Å². The standard InChI is InChI=1S/C19H10N4/c20-10-14(11-21)9-19(16-3-1-2-4-16)17-7-5-15(6-8-17)18(12-22)13-23/h1-9,16H. The second-order valence-electron chi connectivity index (χ2n) is 4.71. The predicted octanol–water partition coefficient (Wildman–Crippen LogP) is 1.75. The van der Waals surface area contributed by atoms with Crippen LogP contribution in [0.5, 0.6) is 0 Å². The summed E-state index contributed by atoms with van der Waals surface area (Å²) in [4.78, 5) is 0. The van der Waals surface area contributed by atoms with Crippen LogP contribution >= 0.6 is 0 Å². The van der Waals surface area contributed by atoms with Crippen molar-refractivity contribution in [3.63, 3.8) is 0 Å². The Morgan fingerprint density at radius 2 is 1.30 bits per heavy atom. The van der Waals surface area contributed by atoms with E-state index in [9.17, 15) is 0 Å². The molecule has 0 aromatic heterocycles. The van der Waals surface area contributed by atoms with E-state index in [-0.39, 0.29) is 17.1 Å². The molecule has 0 N–H and O–H groups in total. The normalized spacial score (nSPS) is 11.7. The van der Waals surface area contributed by atoms with Crippen LogP contribution < -0.4 is 10.4 Å². The molecule has 0 bridgehead atoms. The molecule has 23 heavy (non-hydrogen) atoms. The lowest BCUT2D eigenvalue weighted by molar-refractivity contribution is 1.11. The van der Waals surface area contributed by atoms with Crippen molar-refractivity contribution in [1.29, 1.82) is 21.0 Å². The topological polar surface area (TPSA) is 95.2 Å². The van der Waals surface area contributed by atoms with Crippen molar-refractivity contribution in [3.8, 4) is 24.3 Å². The van der Waals surface area contributed by atoms with Crippen molar-refractivity contribution in [3.05, 3.63) is 70.7 Å². The molecule has 106 valence electrons. The monoisotopic (exact) mass is 294 g/mol. The van der Waals surface area contributed by atoms with Crippen LogP contribution in [0.15, 0.2) is 60.2 Å². The van der Waals surface area contributed by atoms with Gasteiger partial charge < -0.3 is 0 Å². The quantitative estimate of drug-likeness (QED) is 0.776. The molecule has 0 saturated heterocycles. The summed E-state index contributed by atoms with van der Waals surface area (Å²) in [7, 11) is 0. The lowest BCUT2D eigenvalue weighted by Gasteiger charge is -2.07. The van der Waals surface area contributed by atoms with Gasteiger partial charge in [0.1, 0.15) is 35.4 Å². The molecule has 0 radical (unpaired) electrons. The summed E-state index contributed by atoms with van der Waals surface area (Å²) in [6.45, 7) is 0. The lowest BCUT2D eigenvalue weighted by Crippen LogP contribution is -2.14. The van der Waals surface area contributed by atoms with Crippen LogP contribution in [0.25, 0.3) is 11.1 Å². The molecule has 0 unspecified atom stereocenters. The molecule has 1 aliphatic carbocycles. The van der Waals surface area contributed by atoms with Gasteiger partial charge >= 0.3 is 0 Å². The minimum absolute atomic E-state index is 0.0204. The molecular formula is C19H10N4. The molecule has 0 amide bonds. The summed E-state index contributed by atoms with van der Waals surface area (Å²) in [6, 6.07) is 14.4. The van der Waals surface area contributed by atoms with E-state index in [4.69, 9.17) is 21.0 Å². The fourth-order valence-corrected chi connectivity index (χ4v) is 2.24. The van der Waals surface area contributed by atoms with E-state index in [0.29, 0.717) is 5.22 Å². The molecular weight excluding hydrogens is 284 g/mol. The second kappa shape index (κ2) is 7.24. The highest BCUT2D eigenvalue weighted by atomic mass is 14.3. The maximum atomic E-state index is 8.98. The van der Waals surface area contributed by atoms with Gasteiger partial charge in [-0.05, 0) is 16.9 Å². The third-order valence-electron chi connectivity index (χ3n) is 3.38. The molecule has 2 rings (SSSR count). The van der Waals surface area contributed by atoms with Gasteiger partial charge in [0.25, 0.3) is 0 Å². The number of rotatable bonds is 2. The molecule has 0 heterocycles. The maximum Gasteiger partial charge on any atom is 0.136 e. The van der Waals surface area contributed by atoms with Crippen molar-refractivity contribution in [1.82, 2.24) is 0 Å². The van der Waals surface area contributed by atoms with Crippen LogP contribution in [0.3, 0.4) is 0 Å². The Balaban J connectivity index is 2.71. The minimum atomic E-state index is -0.0204. The first-order valence-corrected chi connectivity index (χ1v) is 6.75. The molecule has 0 spiro atoms. The van der Waals surface area contributed by atoms with Crippen molar-refractivity contribution in [2.24, 2.45) is 5.92 Å². The number of nitriles is 4. The number of benzene rings is 1. The van der Waals surface area contributed by atoms with E-state index in [0.717, 1.165) is 10.8 Å². The molecule has 0 aliphatic heterocycles. The van der Waals surface area contributed by atoms with Crippen LogP contribution in [-0.4, -0.2) is 0 Å². The van der Waals surface area contributed by atoms with E-state index in [2.05, 4.69) is 0 Å². The first-order chi connectivity index (χ1) is 11.2. The van der Waals surface area contributed by atoms with Gasteiger partial charge in [-0.2, -0.15) is 21.0 Å². The first kappa shape index (κ1) is 15.5. The summed E-state index contributed by atoms with van der Waals surface area (Å²) >= 11 is 0. The summed E-state index contributed by atoms with van der Waals surface area (Å²) < 4.78 is 0. The molecule has 0 saturated carbocycles. The molecule has 1 aromatic rings. The third kappa shape index (κ3) is 3.43. The Kier molecular flexibility index (Phi) is 4.88. The average Bonchev–Trinajstić information content (AvgIpc) is 3.12. The average molecular weight is 294 g/mol. The second-order valence-corrected chi connectivity index (χ2v) is 4.71. The molecule has 1 aromatic carbocycles. The van der Waals surface area contributed by atoms with Crippen LogP contribution in [0.4, 0.5) is 0 Å². The summed E-state index contributed by atoms with van der Waals surface area (Å²) in [5, 5.41) is 37.1. The van der Waals surface area contributed by atoms with Crippen molar-refractivity contribution < 1.29 is 0 Å². The van der Waals surface area contributed by atoms with E-state index < -0.39 is 0 Å². The Bertz CT molecular complexity index is 942. The van der Waals surface area contributed by atoms with Crippen molar-refractivity contribution in [2.75, 3.05) is 0 Å². The molecule has 1 aliphatic rings. The van der Waals surface area contributed by atoms with Crippen LogP contribution in [0, 0.1) is 51.2 Å². The van der Waals surface area contributed by atoms with Crippen molar-refractivity contribution >= 4 is 11.1 Å². The van der Waals surface area contributed by atoms with E-state index in [1.54, 1.807) is 30.3 Å². The van der Waals surface area contributed by atoms with Gasteiger partial charge in [-0.3, -0.25) is 0 Å². The minimum Gasteiger partial charge on any atom is -0.192 e. The Morgan fingerprint density at radius 1 is 0.783 bits per heavy atom. The fourth-order valence-electron chi connectivity index (χ4n) is 2.24.